The van der Waals surface area contributed by atoms with Crippen LogP contribution < -0.4 is 5.32 Å². The molecule has 3 rings (SSSR count). The van der Waals surface area contributed by atoms with Crippen LogP contribution in [0.3, 0.4) is 0 Å². The number of carbonyl (C=O) groups is 3. The van der Waals surface area contributed by atoms with E-state index in [9.17, 15) is 14.4 Å². The molecule has 0 unspecified atom stereocenters. The van der Waals surface area contributed by atoms with Crippen LogP contribution in [0.5, 0.6) is 0 Å². The van der Waals surface area contributed by atoms with Crippen molar-refractivity contribution in [1.82, 2.24) is 0 Å². The standard InChI is InChI=1S/C27H32ClNO5/c1-16(2)20-12-9-17(3)13-24(20)34-27(32)22-8-6-5-7-21(22)26(31)33-15-25(30)29-23-14-19(28)11-10-18(23)4/h5-8,10-11,14,16-17,20,24H,9,12-13,15H2,1-4H3,(H,29,30)/t17-,20-,24-/m1/s1. The Labute approximate surface area is 206 Å². The van der Waals surface area contributed by atoms with Gasteiger partial charge in [0, 0.05) is 10.7 Å². The lowest BCUT2D eigenvalue weighted by atomic mass is 9.75. The second kappa shape index (κ2) is 11.5. The van der Waals surface area contributed by atoms with Gasteiger partial charge in [0.05, 0.1) is 11.1 Å². The molecule has 0 aliphatic heterocycles. The van der Waals surface area contributed by atoms with E-state index in [1.54, 1.807) is 36.4 Å². The van der Waals surface area contributed by atoms with Crippen LogP contribution in [0.25, 0.3) is 0 Å². The normalized spacial score (nSPS) is 20.0. The average molecular weight is 486 g/mol. The Balaban J connectivity index is 1.65. The van der Waals surface area contributed by atoms with Gasteiger partial charge >= 0.3 is 11.9 Å². The lowest BCUT2D eigenvalue weighted by Crippen LogP contribution is -2.36. The maximum atomic E-state index is 13.0. The number of aryl methyl sites for hydroxylation is 1. The molecule has 1 aliphatic rings. The van der Waals surface area contributed by atoms with E-state index < -0.39 is 24.5 Å². The van der Waals surface area contributed by atoms with Crippen molar-refractivity contribution in [1.29, 1.82) is 0 Å². The number of esters is 2. The van der Waals surface area contributed by atoms with Gasteiger partial charge in [-0.05, 0) is 67.3 Å². The number of ether oxygens (including phenoxy) is 2. The molecule has 0 aromatic heterocycles. The number of hydrogen-bond acceptors (Lipinski definition) is 5. The molecule has 7 heteroatoms. The molecule has 1 N–H and O–H groups in total. The highest BCUT2D eigenvalue weighted by molar-refractivity contribution is 6.31. The Hall–Kier alpha value is -2.86. The number of benzene rings is 2. The number of amides is 1. The van der Waals surface area contributed by atoms with Crippen molar-refractivity contribution in [3.8, 4) is 0 Å². The van der Waals surface area contributed by atoms with Gasteiger partial charge in [-0.1, -0.05) is 57.0 Å². The molecule has 3 atom stereocenters. The highest BCUT2D eigenvalue weighted by Crippen LogP contribution is 2.36. The van der Waals surface area contributed by atoms with Gasteiger partial charge in [-0.2, -0.15) is 0 Å². The van der Waals surface area contributed by atoms with Crippen LogP contribution in [0.4, 0.5) is 5.69 Å². The number of anilines is 1. The second-order valence-corrected chi connectivity index (χ2v) is 9.84. The molecular formula is C27H32ClNO5. The first-order valence-corrected chi connectivity index (χ1v) is 12.1. The largest absolute Gasteiger partial charge is 0.458 e. The molecule has 1 aliphatic carbocycles. The summed E-state index contributed by atoms with van der Waals surface area (Å²) >= 11 is 5.98. The van der Waals surface area contributed by atoms with Crippen molar-refractivity contribution in [3.63, 3.8) is 0 Å². The van der Waals surface area contributed by atoms with Crippen molar-refractivity contribution in [2.45, 2.75) is 53.1 Å². The SMILES string of the molecule is Cc1ccc(Cl)cc1NC(=O)COC(=O)c1ccccc1C(=O)O[C@@H]1C[C@H](C)CC[C@@H]1C(C)C. The molecule has 6 nitrogen and oxygen atoms in total. The summed E-state index contributed by atoms with van der Waals surface area (Å²) in [6.45, 7) is 7.78. The number of rotatable bonds is 7. The molecule has 0 spiro atoms. The van der Waals surface area contributed by atoms with Crippen molar-refractivity contribution in [2.75, 3.05) is 11.9 Å². The Bertz CT molecular complexity index is 1050. The third-order valence-electron chi connectivity index (χ3n) is 6.39. The maximum absolute atomic E-state index is 13.0. The van der Waals surface area contributed by atoms with Crippen LogP contribution >= 0.6 is 11.6 Å². The summed E-state index contributed by atoms with van der Waals surface area (Å²) in [6, 6.07) is 11.5. The van der Waals surface area contributed by atoms with Gasteiger partial charge in [0.25, 0.3) is 5.91 Å². The molecule has 0 bridgehead atoms. The number of carbonyl (C=O) groups excluding carboxylic acids is 3. The first-order chi connectivity index (χ1) is 16.2. The minimum Gasteiger partial charge on any atom is -0.458 e. The van der Waals surface area contributed by atoms with Crippen LogP contribution in [-0.2, 0) is 14.3 Å². The zero-order chi connectivity index (χ0) is 24.8. The third kappa shape index (κ3) is 6.60. The molecular weight excluding hydrogens is 454 g/mol. The minimum absolute atomic E-state index is 0.0733. The van der Waals surface area contributed by atoms with E-state index in [0.717, 1.165) is 24.8 Å². The summed E-state index contributed by atoms with van der Waals surface area (Å²) in [5.74, 6) is -0.645. The van der Waals surface area contributed by atoms with Crippen LogP contribution in [-0.4, -0.2) is 30.6 Å². The summed E-state index contributed by atoms with van der Waals surface area (Å²) in [7, 11) is 0. The lowest BCUT2D eigenvalue weighted by Gasteiger charge is -2.36. The summed E-state index contributed by atoms with van der Waals surface area (Å²) < 4.78 is 11.1. The molecule has 1 fully saturated rings. The van der Waals surface area contributed by atoms with E-state index in [1.807, 2.05) is 6.92 Å². The van der Waals surface area contributed by atoms with Gasteiger partial charge in [-0.3, -0.25) is 4.79 Å². The smallest absolute Gasteiger partial charge is 0.339 e. The monoisotopic (exact) mass is 485 g/mol. The Morgan fingerprint density at radius 3 is 2.41 bits per heavy atom. The summed E-state index contributed by atoms with van der Waals surface area (Å²) in [4.78, 5) is 38.1. The van der Waals surface area contributed by atoms with Gasteiger partial charge in [0.1, 0.15) is 6.10 Å². The number of hydrogen-bond donors (Lipinski definition) is 1. The van der Waals surface area contributed by atoms with Crippen LogP contribution in [0, 0.1) is 24.7 Å². The third-order valence-corrected chi connectivity index (χ3v) is 6.63. The molecule has 0 heterocycles. The van der Waals surface area contributed by atoms with Gasteiger partial charge in [0.15, 0.2) is 6.61 Å². The van der Waals surface area contributed by atoms with E-state index >= 15 is 0 Å². The lowest BCUT2D eigenvalue weighted by molar-refractivity contribution is -0.119. The van der Waals surface area contributed by atoms with Crippen molar-refractivity contribution in [3.05, 3.63) is 64.2 Å². The Morgan fingerprint density at radius 2 is 1.74 bits per heavy atom. The summed E-state index contributed by atoms with van der Waals surface area (Å²) in [5.41, 5.74) is 1.58. The fraction of sp³-hybridized carbons (Fsp3) is 0.444. The van der Waals surface area contributed by atoms with Crippen LogP contribution in [0.15, 0.2) is 42.5 Å². The fourth-order valence-corrected chi connectivity index (χ4v) is 4.59. The molecule has 2 aromatic carbocycles. The minimum atomic E-state index is -0.761. The molecule has 1 amide bonds. The predicted molar refractivity (Wildman–Crippen MR) is 132 cm³/mol. The molecule has 34 heavy (non-hydrogen) atoms. The molecule has 0 radical (unpaired) electrons. The molecule has 182 valence electrons. The highest BCUT2D eigenvalue weighted by atomic mass is 35.5. The van der Waals surface area contributed by atoms with E-state index in [2.05, 4.69) is 26.1 Å². The number of nitrogens with one attached hydrogen (secondary N) is 1. The second-order valence-electron chi connectivity index (χ2n) is 9.40. The zero-order valence-electron chi connectivity index (χ0n) is 20.1. The maximum Gasteiger partial charge on any atom is 0.339 e. The Morgan fingerprint density at radius 1 is 1.06 bits per heavy atom. The van der Waals surface area contributed by atoms with Crippen molar-refractivity contribution >= 4 is 35.1 Å². The van der Waals surface area contributed by atoms with Crippen LogP contribution in [0.2, 0.25) is 5.02 Å². The predicted octanol–water partition coefficient (Wildman–Crippen LogP) is 6.06. The topological polar surface area (TPSA) is 81.7 Å². The highest BCUT2D eigenvalue weighted by Gasteiger charge is 2.34. The van der Waals surface area contributed by atoms with E-state index in [-0.39, 0.29) is 23.1 Å². The summed E-state index contributed by atoms with van der Waals surface area (Å²) in [6.07, 6.45) is 2.76. The fourth-order valence-electron chi connectivity index (χ4n) is 4.41. The van der Waals surface area contributed by atoms with E-state index in [4.69, 9.17) is 21.1 Å². The van der Waals surface area contributed by atoms with Crippen molar-refractivity contribution in [2.24, 2.45) is 17.8 Å². The van der Waals surface area contributed by atoms with Crippen LogP contribution in [0.1, 0.15) is 66.3 Å². The first kappa shape index (κ1) is 25.8. The first-order valence-electron chi connectivity index (χ1n) is 11.7. The average Bonchev–Trinajstić information content (AvgIpc) is 2.79. The van der Waals surface area contributed by atoms with Gasteiger partial charge < -0.3 is 14.8 Å². The van der Waals surface area contributed by atoms with Crippen molar-refractivity contribution < 1.29 is 23.9 Å². The quantitative estimate of drug-likeness (QED) is 0.482. The zero-order valence-corrected chi connectivity index (χ0v) is 20.9. The molecule has 0 saturated heterocycles. The Kier molecular flexibility index (Phi) is 8.72. The number of halogens is 1. The van der Waals surface area contributed by atoms with E-state index in [0.29, 0.717) is 22.5 Å². The van der Waals surface area contributed by atoms with Gasteiger partial charge in [-0.15, -0.1) is 0 Å². The van der Waals surface area contributed by atoms with Gasteiger partial charge in [-0.25, -0.2) is 9.59 Å². The molecule has 2 aromatic rings. The summed E-state index contributed by atoms with van der Waals surface area (Å²) in [5, 5.41) is 3.16. The molecule has 1 saturated carbocycles. The van der Waals surface area contributed by atoms with E-state index in [1.165, 1.54) is 6.07 Å². The van der Waals surface area contributed by atoms with Gasteiger partial charge in [0.2, 0.25) is 0 Å².